The maximum absolute atomic E-state index is 5.82. The van der Waals surface area contributed by atoms with E-state index in [0.717, 1.165) is 27.7 Å². The fourth-order valence-electron chi connectivity index (χ4n) is 2.16. The predicted molar refractivity (Wildman–Crippen MR) is 78.1 cm³/mol. The number of aromatic nitrogens is 1. The molecule has 94 valence electrons. The van der Waals surface area contributed by atoms with Gasteiger partial charge in [0.15, 0.2) is 0 Å². The standard InChI is InChI=1S/C16H14N2O/c1-19-16-14(11-5-3-2-4-6-11)10-12-9-13(17)7-8-15(12)18-16/h2-10H,17H2,1H3. The highest BCUT2D eigenvalue weighted by Crippen LogP contribution is 2.31. The predicted octanol–water partition coefficient (Wildman–Crippen LogP) is 3.49. The van der Waals surface area contributed by atoms with E-state index in [1.54, 1.807) is 7.11 Å². The van der Waals surface area contributed by atoms with Gasteiger partial charge in [0.25, 0.3) is 0 Å². The van der Waals surface area contributed by atoms with Crippen LogP contribution in [0.4, 0.5) is 5.69 Å². The van der Waals surface area contributed by atoms with E-state index in [4.69, 9.17) is 10.5 Å². The molecule has 0 fully saturated rings. The molecule has 19 heavy (non-hydrogen) atoms. The second kappa shape index (κ2) is 4.61. The van der Waals surface area contributed by atoms with Crippen LogP contribution in [0.5, 0.6) is 5.88 Å². The van der Waals surface area contributed by atoms with Crippen molar-refractivity contribution in [3.05, 3.63) is 54.6 Å². The summed E-state index contributed by atoms with van der Waals surface area (Å²) < 4.78 is 5.40. The average molecular weight is 250 g/mol. The Labute approximate surface area is 111 Å². The van der Waals surface area contributed by atoms with Gasteiger partial charge in [0.05, 0.1) is 12.6 Å². The lowest BCUT2D eigenvalue weighted by Crippen LogP contribution is -1.93. The fourth-order valence-corrected chi connectivity index (χ4v) is 2.16. The lowest BCUT2D eigenvalue weighted by atomic mass is 10.0. The molecule has 3 rings (SSSR count). The second-order valence-electron chi connectivity index (χ2n) is 4.36. The van der Waals surface area contributed by atoms with Crippen molar-refractivity contribution in [1.82, 2.24) is 4.98 Å². The van der Waals surface area contributed by atoms with Gasteiger partial charge in [-0.15, -0.1) is 0 Å². The first-order valence-corrected chi connectivity index (χ1v) is 6.07. The van der Waals surface area contributed by atoms with Crippen molar-refractivity contribution in [2.45, 2.75) is 0 Å². The molecule has 0 spiro atoms. The normalized spacial score (nSPS) is 10.6. The van der Waals surface area contributed by atoms with Crippen molar-refractivity contribution in [1.29, 1.82) is 0 Å². The Morgan fingerprint density at radius 3 is 2.53 bits per heavy atom. The first-order valence-electron chi connectivity index (χ1n) is 6.07. The summed E-state index contributed by atoms with van der Waals surface area (Å²) in [6.07, 6.45) is 0. The summed E-state index contributed by atoms with van der Waals surface area (Å²) in [4.78, 5) is 4.53. The molecule has 0 atom stereocenters. The molecule has 0 unspecified atom stereocenters. The van der Waals surface area contributed by atoms with Crippen molar-refractivity contribution in [3.63, 3.8) is 0 Å². The van der Waals surface area contributed by atoms with Crippen LogP contribution in [0.25, 0.3) is 22.0 Å². The van der Waals surface area contributed by atoms with Crippen molar-refractivity contribution in [3.8, 4) is 17.0 Å². The highest BCUT2D eigenvalue weighted by molar-refractivity contribution is 5.88. The number of nitrogens with two attached hydrogens (primary N) is 1. The molecule has 0 aliphatic heterocycles. The summed E-state index contributed by atoms with van der Waals surface area (Å²) in [6, 6.07) is 17.8. The minimum Gasteiger partial charge on any atom is -0.481 e. The molecule has 0 aliphatic carbocycles. The summed E-state index contributed by atoms with van der Waals surface area (Å²) in [7, 11) is 1.64. The molecule has 0 radical (unpaired) electrons. The van der Waals surface area contributed by atoms with Crippen LogP contribution in [0, 0.1) is 0 Å². The van der Waals surface area contributed by atoms with Gasteiger partial charge in [-0.1, -0.05) is 30.3 Å². The second-order valence-corrected chi connectivity index (χ2v) is 4.36. The van der Waals surface area contributed by atoms with E-state index in [1.165, 1.54) is 0 Å². The smallest absolute Gasteiger partial charge is 0.221 e. The summed E-state index contributed by atoms with van der Waals surface area (Å²) in [5, 5.41) is 1.01. The molecule has 0 amide bonds. The highest BCUT2D eigenvalue weighted by Gasteiger charge is 2.09. The van der Waals surface area contributed by atoms with Crippen LogP contribution in [0.1, 0.15) is 0 Å². The van der Waals surface area contributed by atoms with Crippen LogP contribution >= 0.6 is 0 Å². The van der Waals surface area contributed by atoms with E-state index in [-0.39, 0.29) is 0 Å². The van der Waals surface area contributed by atoms with E-state index in [9.17, 15) is 0 Å². The molecule has 0 bridgehead atoms. The topological polar surface area (TPSA) is 48.1 Å². The van der Waals surface area contributed by atoms with Crippen molar-refractivity contribution < 1.29 is 4.74 Å². The zero-order valence-corrected chi connectivity index (χ0v) is 10.6. The molecular weight excluding hydrogens is 236 g/mol. The van der Waals surface area contributed by atoms with Crippen LogP contribution in [-0.4, -0.2) is 12.1 Å². The number of anilines is 1. The van der Waals surface area contributed by atoms with Gasteiger partial charge in [-0.3, -0.25) is 0 Å². The summed E-state index contributed by atoms with van der Waals surface area (Å²) in [6.45, 7) is 0. The quantitative estimate of drug-likeness (QED) is 0.708. The van der Waals surface area contributed by atoms with Gasteiger partial charge in [-0.05, 0) is 29.8 Å². The van der Waals surface area contributed by atoms with Crippen LogP contribution < -0.4 is 10.5 Å². The number of ether oxygens (including phenoxy) is 1. The van der Waals surface area contributed by atoms with Crippen molar-refractivity contribution in [2.75, 3.05) is 12.8 Å². The summed E-state index contributed by atoms with van der Waals surface area (Å²) >= 11 is 0. The number of hydrogen-bond donors (Lipinski definition) is 1. The van der Waals surface area contributed by atoms with Crippen LogP contribution in [0.3, 0.4) is 0 Å². The zero-order valence-electron chi connectivity index (χ0n) is 10.6. The van der Waals surface area contributed by atoms with E-state index in [0.29, 0.717) is 5.88 Å². The Morgan fingerprint density at radius 2 is 1.79 bits per heavy atom. The number of benzene rings is 2. The molecular formula is C16H14N2O. The Kier molecular flexibility index (Phi) is 2.80. The maximum Gasteiger partial charge on any atom is 0.221 e. The molecule has 2 N–H and O–H groups in total. The molecule has 0 saturated heterocycles. The Hall–Kier alpha value is -2.55. The van der Waals surface area contributed by atoms with E-state index in [1.807, 2.05) is 48.5 Å². The molecule has 3 nitrogen and oxygen atoms in total. The average Bonchev–Trinajstić information content (AvgIpc) is 2.46. The lowest BCUT2D eigenvalue weighted by Gasteiger charge is -2.10. The number of methoxy groups -OCH3 is 1. The van der Waals surface area contributed by atoms with Crippen LogP contribution in [0.2, 0.25) is 0 Å². The van der Waals surface area contributed by atoms with Gasteiger partial charge in [0.1, 0.15) is 0 Å². The van der Waals surface area contributed by atoms with Gasteiger partial charge in [-0.2, -0.15) is 0 Å². The minimum absolute atomic E-state index is 0.628. The Balaban J connectivity index is 2.28. The molecule has 3 heteroatoms. The van der Waals surface area contributed by atoms with Gasteiger partial charge >= 0.3 is 0 Å². The third-order valence-electron chi connectivity index (χ3n) is 3.08. The number of hydrogen-bond acceptors (Lipinski definition) is 3. The number of nitrogen functional groups attached to an aromatic ring is 1. The van der Waals surface area contributed by atoms with Crippen molar-refractivity contribution >= 4 is 16.6 Å². The summed E-state index contributed by atoms with van der Waals surface area (Å²) in [5.74, 6) is 0.628. The van der Waals surface area contributed by atoms with Gasteiger partial charge in [-0.25, -0.2) is 4.98 Å². The third kappa shape index (κ3) is 2.10. The van der Waals surface area contributed by atoms with Crippen LogP contribution in [0.15, 0.2) is 54.6 Å². The number of nitrogens with zero attached hydrogens (tertiary/aromatic N) is 1. The van der Waals surface area contributed by atoms with Crippen molar-refractivity contribution in [2.24, 2.45) is 0 Å². The Morgan fingerprint density at radius 1 is 1.00 bits per heavy atom. The fraction of sp³-hybridized carbons (Fsp3) is 0.0625. The number of pyridine rings is 1. The highest BCUT2D eigenvalue weighted by atomic mass is 16.5. The maximum atomic E-state index is 5.82. The minimum atomic E-state index is 0.628. The molecule has 3 aromatic rings. The van der Waals surface area contributed by atoms with E-state index >= 15 is 0 Å². The van der Waals surface area contributed by atoms with Crippen LogP contribution in [-0.2, 0) is 0 Å². The molecule has 2 aromatic carbocycles. The monoisotopic (exact) mass is 250 g/mol. The first-order chi connectivity index (χ1) is 9.28. The number of rotatable bonds is 2. The molecule has 1 aromatic heterocycles. The zero-order chi connectivity index (χ0) is 13.2. The van der Waals surface area contributed by atoms with Gasteiger partial charge in [0.2, 0.25) is 5.88 Å². The van der Waals surface area contributed by atoms with E-state index in [2.05, 4.69) is 11.1 Å². The third-order valence-corrected chi connectivity index (χ3v) is 3.08. The largest absolute Gasteiger partial charge is 0.481 e. The van der Waals surface area contributed by atoms with Gasteiger partial charge < -0.3 is 10.5 Å². The Bertz CT molecular complexity index is 723. The molecule has 0 saturated carbocycles. The SMILES string of the molecule is COc1nc2ccc(N)cc2cc1-c1ccccc1. The first kappa shape index (κ1) is 11.5. The van der Waals surface area contributed by atoms with E-state index < -0.39 is 0 Å². The lowest BCUT2D eigenvalue weighted by molar-refractivity contribution is 0.401. The number of fused-ring (bicyclic) bond motifs is 1. The molecule has 1 heterocycles. The van der Waals surface area contributed by atoms with Gasteiger partial charge in [0, 0.05) is 16.6 Å². The summed E-state index contributed by atoms with van der Waals surface area (Å²) in [5.41, 5.74) is 9.49. The molecule has 0 aliphatic rings.